The van der Waals surface area contributed by atoms with Gasteiger partial charge in [-0.15, -0.1) is 12.4 Å². The van der Waals surface area contributed by atoms with E-state index in [4.69, 9.17) is 78.9 Å². The standard InChI is InChI=1S/2C21H16ClF3N4.C13H11ClN4O.C13H11ClN4.C11H16N2O3.C7H5ClN2.C7H6F3NO.C5H10O2.ClH/c2*22-16-8-18-15(11-28-20(18)29-12-16)7-14-2-5-17(26-10-14)4-1-13-3-6-19(27-9-13)21(23,24)25;14-8-3-9-10(6-18-13(9)17-5-8)12(19)7-1-2-11(15)16-4-7;14-10-4-11-9(6-17-13(11)18-7-10)3-8-1-2-12(15)16-5-8;1-11(2,3)16-10(14)13-9-6-5-8(15-4)7-12-9;8-6-3-5-1-2-9-7(5)10-4-6;1-12-5-2-3-6(11-4-5)7(8,9)10;1-5(2,3)7-4-6;/h2*2-3,5-6,8-12H,1,4,7H2,(H,28,29);1-6,12,19H,(H2,15,16)(H,17,18);1-2,4-7H,3H2,(H2,15,16)(H,17,18);5-7H,1-4H3,(H,12,13,14);1-4H,(H,9,10);2-4H,1H3;4H,1-3H3;1H. The fourth-order valence-corrected chi connectivity index (χ4v) is 13.7. The van der Waals surface area contributed by atoms with Gasteiger partial charge in [0.15, 0.2) is 0 Å². The normalized spacial score (nSPS) is 11.5. The zero-order valence-electron chi connectivity index (χ0n) is 76.3. The summed E-state index contributed by atoms with van der Waals surface area (Å²) in [4.78, 5) is 88.4. The first-order chi connectivity index (χ1) is 66.5. The number of nitrogens with zero attached hydrogens (tertiary/aromatic N) is 13. The predicted molar refractivity (Wildman–Crippen MR) is 528 cm³/mol. The summed E-state index contributed by atoms with van der Waals surface area (Å²) in [6.07, 6.45) is 19.4. The van der Waals surface area contributed by atoms with E-state index in [2.05, 4.69) is 105 Å². The molecule has 18 aromatic heterocycles. The molecule has 1 amide bonds. The molecule has 18 rings (SSSR count). The van der Waals surface area contributed by atoms with Crippen molar-refractivity contribution in [2.75, 3.05) is 31.0 Å². The van der Waals surface area contributed by atoms with Crippen LogP contribution < -0.4 is 26.3 Å². The lowest BCUT2D eigenvalue weighted by atomic mass is 10.0. The summed E-state index contributed by atoms with van der Waals surface area (Å²) < 4.78 is 130. The Morgan fingerprint density at radius 3 is 1.13 bits per heavy atom. The average Bonchev–Trinajstić information content (AvgIpc) is 1.65. The third-order valence-electron chi connectivity index (χ3n) is 19.7. The van der Waals surface area contributed by atoms with Gasteiger partial charge in [0.2, 0.25) is 0 Å². The minimum atomic E-state index is -4.41. The third kappa shape index (κ3) is 34.0. The number of nitrogens with one attached hydrogen (secondary N) is 6. The molecule has 0 aliphatic rings. The van der Waals surface area contributed by atoms with Crippen molar-refractivity contribution in [2.45, 2.75) is 122 Å². The number of carbonyl (C=O) groups is 2. The van der Waals surface area contributed by atoms with Gasteiger partial charge in [0.25, 0.3) is 6.47 Å². The number of aliphatic hydroxyl groups excluding tert-OH is 1. The summed E-state index contributed by atoms with van der Waals surface area (Å²) in [5.41, 5.74) is 22.7. The van der Waals surface area contributed by atoms with E-state index in [0.717, 1.165) is 136 Å². The molecule has 43 heteroatoms. The van der Waals surface area contributed by atoms with E-state index in [-0.39, 0.29) is 18.0 Å². The number of rotatable bonds is 18. The topological polar surface area (TPSA) is 402 Å². The van der Waals surface area contributed by atoms with Crippen LogP contribution in [0.3, 0.4) is 0 Å². The van der Waals surface area contributed by atoms with Gasteiger partial charge >= 0.3 is 24.6 Å². The van der Waals surface area contributed by atoms with Gasteiger partial charge in [-0.1, -0.05) is 94.4 Å². The Bertz CT molecular complexity index is 6860. The number of alkyl halides is 9. The molecule has 1 atom stereocenters. The number of halogens is 15. The Hall–Kier alpha value is -14.3. The molecular weight excluding hydrogens is 1970 g/mol. The van der Waals surface area contributed by atoms with Crippen molar-refractivity contribution in [1.29, 1.82) is 0 Å². The number of methoxy groups -OCH3 is 2. The first-order valence-electron chi connectivity index (χ1n) is 42.3. The van der Waals surface area contributed by atoms with E-state index in [1.807, 2.05) is 119 Å². The first-order valence-corrected chi connectivity index (χ1v) is 44.2. The van der Waals surface area contributed by atoms with Crippen LogP contribution in [0.2, 0.25) is 25.1 Å². The SMILES string of the molecule is CC(C)(C)OC=O.COc1ccc(C(F)(F)F)nc1.COc1ccc(NC(=O)OC(C)(C)C)nc1.Cl.Clc1cnc2[nH]ccc2c1.FC(F)(F)c1ccc(CCc2ccc(Cc3c[nH]c4ncc(Cl)cc34)cn2)cn1.FC(F)(F)c1ccc(CCc2ccc(Cc3c[nH]c4ncc(Cl)cc34)cn2)cn1.Nc1ccc(C(O)c2c[nH]c3ncc(Cl)cc23)cn1.Nc1ccc(Cc2c[nH]c3ncc(Cl)cc23)cn1. The molecule has 0 aliphatic heterocycles. The number of carbonyl (C=O) groups excluding carboxylic acids is 2. The van der Waals surface area contributed by atoms with Crippen molar-refractivity contribution in [3.05, 3.63) is 354 Å². The average molecular weight is 2060 g/mol. The Labute approximate surface area is 832 Å². The number of aliphatic hydroxyl groups is 1. The number of hydrogen-bond donors (Lipinski definition) is 9. The zero-order valence-corrected chi connectivity index (χ0v) is 80.9. The molecule has 0 fully saturated rings. The van der Waals surface area contributed by atoms with Crippen LogP contribution in [0.25, 0.3) is 55.2 Å². The number of nitrogen functional groups attached to an aromatic ring is 2. The molecule has 0 saturated carbocycles. The van der Waals surface area contributed by atoms with Crippen LogP contribution in [-0.2, 0) is 77.7 Å². The molecular formula is C98H92Cl6F9N21O7. The van der Waals surface area contributed by atoms with Crippen molar-refractivity contribution in [1.82, 2.24) is 89.7 Å². The van der Waals surface area contributed by atoms with Crippen molar-refractivity contribution in [3.63, 3.8) is 0 Å². The Morgan fingerprint density at radius 2 is 0.780 bits per heavy atom. The maximum atomic E-state index is 12.6. The second-order valence-electron chi connectivity index (χ2n) is 32.5. The van der Waals surface area contributed by atoms with E-state index >= 15 is 0 Å². The molecule has 11 N–H and O–H groups in total. The summed E-state index contributed by atoms with van der Waals surface area (Å²) in [6, 6.07) is 36.7. The molecule has 0 aromatic carbocycles. The largest absolute Gasteiger partial charge is 0.495 e. The third-order valence-corrected chi connectivity index (χ3v) is 20.7. The fraction of sp³-hybridized carbons (Fsp3) is 0.214. The van der Waals surface area contributed by atoms with Crippen LogP contribution >= 0.6 is 70.4 Å². The molecule has 18 heterocycles. The van der Waals surface area contributed by atoms with E-state index in [0.29, 0.717) is 116 Å². The van der Waals surface area contributed by atoms with E-state index in [1.54, 1.807) is 114 Å². The van der Waals surface area contributed by atoms with Gasteiger partial charge in [-0.2, -0.15) is 39.5 Å². The highest BCUT2D eigenvalue weighted by Crippen LogP contribution is 2.34. The number of ether oxygens (including phenoxy) is 4. The smallest absolute Gasteiger partial charge is 0.433 e. The highest BCUT2D eigenvalue weighted by atomic mass is 35.5. The number of aromatic nitrogens is 18. The molecule has 28 nitrogen and oxygen atoms in total. The summed E-state index contributed by atoms with van der Waals surface area (Å²) in [5.74, 6) is 2.31. The molecule has 736 valence electrons. The molecule has 0 bridgehead atoms. The summed E-state index contributed by atoms with van der Waals surface area (Å²) in [7, 11) is 2.92. The summed E-state index contributed by atoms with van der Waals surface area (Å²) >= 11 is 29.7. The number of hydrogen-bond acceptors (Lipinski definition) is 22. The lowest BCUT2D eigenvalue weighted by molar-refractivity contribution is -0.142. The number of H-pyrrole nitrogens is 5. The number of fused-ring (bicyclic) bond motifs is 5. The summed E-state index contributed by atoms with van der Waals surface area (Å²) in [5, 5.41) is 20.8. The summed E-state index contributed by atoms with van der Waals surface area (Å²) in [6.45, 7) is 11.3. The molecule has 0 saturated heterocycles. The minimum absolute atomic E-state index is 0. The zero-order chi connectivity index (χ0) is 101. The van der Waals surface area contributed by atoms with Crippen molar-refractivity contribution >= 4 is 156 Å². The number of aryl methyl sites for hydroxylation is 4. The van der Waals surface area contributed by atoms with Crippen LogP contribution in [-0.4, -0.2) is 133 Å². The van der Waals surface area contributed by atoms with Crippen LogP contribution in [0.1, 0.15) is 132 Å². The Balaban J connectivity index is 0.000000171. The molecule has 0 aliphatic carbocycles. The number of amides is 1. The van der Waals surface area contributed by atoms with Gasteiger partial charge in [-0.3, -0.25) is 30.0 Å². The maximum Gasteiger partial charge on any atom is 0.433 e. The Kier molecular flexibility index (Phi) is 38.5. The van der Waals surface area contributed by atoms with Crippen molar-refractivity contribution < 1.29 is 73.2 Å². The van der Waals surface area contributed by atoms with Gasteiger partial charge in [-0.05, 0) is 209 Å². The lowest BCUT2D eigenvalue weighted by Gasteiger charge is -2.19. The first kappa shape index (κ1) is 109. The quantitative estimate of drug-likeness (QED) is 0.0284. The fourth-order valence-electron chi connectivity index (χ4n) is 12.9. The van der Waals surface area contributed by atoms with Gasteiger partial charge in [0, 0.05) is 168 Å². The molecule has 1 unspecified atom stereocenters. The monoisotopic (exact) mass is 2060 g/mol. The molecule has 0 radical (unpaired) electrons. The molecule has 141 heavy (non-hydrogen) atoms. The lowest BCUT2D eigenvalue weighted by Crippen LogP contribution is -2.27. The molecule has 0 spiro atoms. The van der Waals surface area contributed by atoms with Crippen LogP contribution in [0.5, 0.6) is 11.5 Å². The van der Waals surface area contributed by atoms with Crippen LogP contribution in [0.15, 0.2) is 245 Å². The van der Waals surface area contributed by atoms with Gasteiger partial charge < -0.3 is 60.4 Å². The Morgan fingerprint density at radius 1 is 0.404 bits per heavy atom. The van der Waals surface area contributed by atoms with E-state index in [9.17, 15) is 54.2 Å². The maximum absolute atomic E-state index is 12.6. The second kappa shape index (κ2) is 50.0. The number of nitrogens with two attached hydrogens (primary N) is 2. The van der Waals surface area contributed by atoms with Crippen LogP contribution in [0.4, 0.5) is 61.8 Å². The number of anilines is 3. The van der Waals surface area contributed by atoms with Crippen LogP contribution in [0, 0.1) is 0 Å². The van der Waals surface area contributed by atoms with Gasteiger partial charge in [-0.25, -0.2) is 49.7 Å². The van der Waals surface area contributed by atoms with Gasteiger partial charge in [0.05, 0.1) is 51.7 Å². The highest BCUT2D eigenvalue weighted by molar-refractivity contribution is 6.32. The number of pyridine rings is 13. The van der Waals surface area contributed by atoms with Gasteiger partial charge in [0.1, 0.15) is 91.6 Å². The number of aromatic amines is 5. The minimum Gasteiger partial charge on any atom is -0.495 e. The second-order valence-corrected chi connectivity index (χ2v) is 34.7. The van der Waals surface area contributed by atoms with Crippen molar-refractivity contribution in [2.24, 2.45) is 0 Å². The molecule has 18 aromatic rings. The van der Waals surface area contributed by atoms with E-state index < -0.39 is 53.4 Å². The van der Waals surface area contributed by atoms with Crippen molar-refractivity contribution in [3.8, 4) is 11.5 Å². The highest BCUT2D eigenvalue weighted by Gasteiger charge is 2.34. The predicted octanol–water partition coefficient (Wildman–Crippen LogP) is 24.0. The van der Waals surface area contributed by atoms with E-state index in [1.165, 1.54) is 43.9 Å².